The average Bonchev–Trinajstić information content (AvgIpc) is 2.47. The van der Waals surface area contributed by atoms with Crippen LogP contribution in [0.1, 0.15) is 16.8 Å². The van der Waals surface area contributed by atoms with E-state index in [1.807, 2.05) is 12.1 Å². The summed E-state index contributed by atoms with van der Waals surface area (Å²) < 4.78 is 22.7. The number of aromatic nitrogens is 1. The summed E-state index contributed by atoms with van der Waals surface area (Å²) in [6.45, 7) is 1.24. The summed E-state index contributed by atoms with van der Waals surface area (Å²) >= 11 is 0. The summed E-state index contributed by atoms with van der Waals surface area (Å²) in [5.74, 6) is 0. The van der Waals surface area contributed by atoms with Crippen molar-refractivity contribution in [1.82, 2.24) is 10.3 Å². The van der Waals surface area contributed by atoms with Crippen molar-refractivity contribution in [3.8, 4) is 6.07 Å². The first kappa shape index (κ1) is 15.2. The molecule has 108 valence electrons. The Kier molecular flexibility index (Phi) is 4.68. The molecule has 21 heavy (non-hydrogen) atoms. The minimum Gasteiger partial charge on any atom is -0.309 e. The molecule has 0 atom stereocenters. The second-order valence-electron chi connectivity index (χ2n) is 4.68. The van der Waals surface area contributed by atoms with Gasteiger partial charge >= 0.3 is 0 Å². The molecule has 5 nitrogen and oxygen atoms in total. The van der Waals surface area contributed by atoms with E-state index in [-0.39, 0.29) is 0 Å². The molecule has 0 aliphatic rings. The Bertz CT molecular complexity index is 762. The van der Waals surface area contributed by atoms with Gasteiger partial charge in [0.2, 0.25) is 0 Å². The van der Waals surface area contributed by atoms with Crippen LogP contribution in [0.4, 0.5) is 0 Å². The van der Waals surface area contributed by atoms with Crippen molar-refractivity contribution in [1.29, 1.82) is 5.26 Å². The van der Waals surface area contributed by atoms with Gasteiger partial charge in [0, 0.05) is 25.5 Å². The van der Waals surface area contributed by atoms with Gasteiger partial charge in [0.15, 0.2) is 9.84 Å². The molecule has 0 aliphatic heterocycles. The molecular formula is C15H15N3O2S. The lowest BCUT2D eigenvalue weighted by Gasteiger charge is -2.06. The van der Waals surface area contributed by atoms with Gasteiger partial charge in [-0.1, -0.05) is 12.1 Å². The fourth-order valence-corrected chi connectivity index (χ4v) is 2.48. The highest BCUT2D eigenvalue weighted by Crippen LogP contribution is 2.10. The lowest BCUT2D eigenvalue weighted by Crippen LogP contribution is -2.13. The van der Waals surface area contributed by atoms with Crippen LogP contribution in [-0.2, 0) is 22.9 Å². The lowest BCUT2D eigenvalue weighted by atomic mass is 10.2. The molecule has 0 aliphatic carbocycles. The zero-order valence-corrected chi connectivity index (χ0v) is 12.4. The van der Waals surface area contributed by atoms with E-state index in [1.54, 1.807) is 36.5 Å². The summed E-state index contributed by atoms with van der Waals surface area (Å²) in [7, 11) is -3.15. The third-order valence-electron chi connectivity index (χ3n) is 2.95. The van der Waals surface area contributed by atoms with Gasteiger partial charge in [-0.15, -0.1) is 0 Å². The molecule has 1 N–H and O–H groups in total. The van der Waals surface area contributed by atoms with Gasteiger partial charge in [-0.05, 0) is 35.4 Å². The van der Waals surface area contributed by atoms with E-state index < -0.39 is 9.84 Å². The van der Waals surface area contributed by atoms with Gasteiger partial charge in [-0.25, -0.2) is 13.4 Å². The van der Waals surface area contributed by atoms with Crippen molar-refractivity contribution < 1.29 is 8.42 Å². The zero-order valence-electron chi connectivity index (χ0n) is 11.6. The van der Waals surface area contributed by atoms with Crippen LogP contribution in [0.15, 0.2) is 47.5 Å². The third kappa shape index (κ3) is 4.38. The van der Waals surface area contributed by atoms with Crippen LogP contribution in [-0.4, -0.2) is 19.7 Å². The molecule has 1 aromatic heterocycles. The molecule has 0 spiro atoms. The van der Waals surface area contributed by atoms with Crippen LogP contribution in [0.2, 0.25) is 0 Å². The monoisotopic (exact) mass is 301 g/mol. The second kappa shape index (κ2) is 6.48. The SMILES string of the molecule is CS(=O)(=O)c1ccc(CNCc2ccnc(C#N)c2)cc1. The van der Waals surface area contributed by atoms with Gasteiger partial charge < -0.3 is 5.32 Å². The van der Waals surface area contributed by atoms with E-state index in [1.165, 1.54) is 6.26 Å². The van der Waals surface area contributed by atoms with Crippen molar-refractivity contribution in [3.63, 3.8) is 0 Å². The van der Waals surface area contributed by atoms with E-state index in [0.29, 0.717) is 23.7 Å². The molecule has 0 amide bonds. The topological polar surface area (TPSA) is 82.8 Å². The highest BCUT2D eigenvalue weighted by Gasteiger charge is 2.05. The Labute approximate surface area is 124 Å². The molecule has 0 unspecified atom stereocenters. The molecule has 2 rings (SSSR count). The first-order chi connectivity index (χ1) is 9.99. The number of sulfone groups is 1. The fraction of sp³-hybridized carbons (Fsp3) is 0.200. The summed E-state index contributed by atoms with van der Waals surface area (Å²) in [4.78, 5) is 4.23. The van der Waals surface area contributed by atoms with Crippen molar-refractivity contribution in [2.45, 2.75) is 18.0 Å². The van der Waals surface area contributed by atoms with Crippen LogP contribution in [0.5, 0.6) is 0 Å². The molecular weight excluding hydrogens is 286 g/mol. The number of rotatable bonds is 5. The number of nitrogens with zero attached hydrogens (tertiary/aromatic N) is 2. The van der Waals surface area contributed by atoms with Crippen LogP contribution in [0.3, 0.4) is 0 Å². The Balaban J connectivity index is 1.93. The number of pyridine rings is 1. The molecule has 0 bridgehead atoms. The predicted molar refractivity (Wildman–Crippen MR) is 79.0 cm³/mol. The van der Waals surface area contributed by atoms with Crippen molar-refractivity contribution >= 4 is 9.84 Å². The molecule has 0 fully saturated rings. The minimum absolute atomic E-state index is 0.319. The Morgan fingerprint density at radius 1 is 1.14 bits per heavy atom. The number of hydrogen-bond donors (Lipinski definition) is 1. The van der Waals surface area contributed by atoms with Gasteiger partial charge in [0.05, 0.1) is 4.90 Å². The maximum Gasteiger partial charge on any atom is 0.175 e. The van der Waals surface area contributed by atoms with Crippen molar-refractivity contribution in [2.24, 2.45) is 0 Å². The van der Waals surface area contributed by atoms with E-state index in [9.17, 15) is 8.42 Å². The summed E-state index contributed by atoms with van der Waals surface area (Å²) in [5.41, 5.74) is 2.37. The van der Waals surface area contributed by atoms with Gasteiger partial charge in [0.1, 0.15) is 11.8 Å². The van der Waals surface area contributed by atoms with Crippen LogP contribution in [0.25, 0.3) is 0 Å². The van der Waals surface area contributed by atoms with E-state index in [4.69, 9.17) is 5.26 Å². The van der Waals surface area contributed by atoms with E-state index >= 15 is 0 Å². The molecule has 1 heterocycles. The van der Waals surface area contributed by atoms with Gasteiger partial charge in [-0.2, -0.15) is 5.26 Å². The molecule has 0 saturated carbocycles. The van der Waals surface area contributed by atoms with Crippen LogP contribution >= 0.6 is 0 Å². The highest BCUT2D eigenvalue weighted by molar-refractivity contribution is 7.90. The minimum atomic E-state index is -3.15. The highest BCUT2D eigenvalue weighted by atomic mass is 32.2. The first-order valence-corrected chi connectivity index (χ1v) is 8.23. The largest absolute Gasteiger partial charge is 0.309 e. The fourth-order valence-electron chi connectivity index (χ4n) is 1.85. The molecule has 0 radical (unpaired) electrons. The Morgan fingerprint density at radius 3 is 2.43 bits per heavy atom. The van der Waals surface area contributed by atoms with E-state index in [0.717, 1.165) is 11.1 Å². The smallest absolute Gasteiger partial charge is 0.175 e. The van der Waals surface area contributed by atoms with Gasteiger partial charge in [-0.3, -0.25) is 0 Å². The standard InChI is InChI=1S/C15H15N3O2S/c1-21(19,20)15-4-2-12(3-5-15)10-17-11-13-6-7-18-14(8-13)9-16/h2-8,17H,10-11H2,1H3. The van der Waals surface area contributed by atoms with E-state index in [2.05, 4.69) is 10.3 Å². The summed E-state index contributed by atoms with van der Waals surface area (Å²) in [6, 6.07) is 12.4. The number of benzene rings is 1. The Hall–Kier alpha value is -2.23. The number of nitriles is 1. The molecule has 2 aromatic rings. The molecule has 1 aromatic carbocycles. The molecule has 0 saturated heterocycles. The average molecular weight is 301 g/mol. The van der Waals surface area contributed by atoms with Crippen molar-refractivity contribution in [2.75, 3.05) is 6.26 Å². The quantitative estimate of drug-likeness (QED) is 0.908. The Morgan fingerprint density at radius 2 is 1.81 bits per heavy atom. The van der Waals surface area contributed by atoms with Crippen LogP contribution < -0.4 is 5.32 Å². The van der Waals surface area contributed by atoms with Crippen LogP contribution in [0, 0.1) is 11.3 Å². The molecule has 6 heteroatoms. The number of nitrogens with one attached hydrogen (secondary N) is 1. The zero-order chi connectivity index (χ0) is 15.3. The third-order valence-corrected chi connectivity index (χ3v) is 4.08. The summed E-state index contributed by atoms with van der Waals surface area (Å²) in [5, 5.41) is 12.0. The predicted octanol–water partition coefficient (Wildman–Crippen LogP) is 1.65. The summed E-state index contributed by atoms with van der Waals surface area (Å²) in [6.07, 6.45) is 2.80. The lowest BCUT2D eigenvalue weighted by molar-refractivity contribution is 0.602. The maximum atomic E-state index is 11.4. The second-order valence-corrected chi connectivity index (χ2v) is 6.70. The van der Waals surface area contributed by atoms with Gasteiger partial charge in [0.25, 0.3) is 0 Å². The van der Waals surface area contributed by atoms with Crippen molar-refractivity contribution in [3.05, 3.63) is 59.4 Å². The maximum absolute atomic E-state index is 11.4. The number of hydrogen-bond acceptors (Lipinski definition) is 5. The first-order valence-electron chi connectivity index (χ1n) is 6.34. The normalized spacial score (nSPS) is 11.0.